The molecule has 1 saturated carbocycles. The lowest BCUT2D eigenvalue weighted by Crippen LogP contribution is -2.25. The topological polar surface area (TPSA) is 49.1 Å². The second kappa shape index (κ2) is 5.84. The molecule has 2 aromatic rings. The summed E-state index contributed by atoms with van der Waals surface area (Å²) in [4.78, 5) is 6.73. The van der Waals surface area contributed by atoms with Crippen molar-refractivity contribution in [1.82, 2.24) is 4.98 Å². The third-order valence-corrected chi connectivity index (χ3v) is 3.67. The summed E-state index contributed by atoms with van der Waals surface area (Å²) in [6.45, 7) is 0.827. The zero-order chi connectivity index (χ0) is 14.7. The van der Waals surface area contributed by atoms with Crippen LogP contribution in [0, 0.1) is 11.3 Å². The largest absolute Gasteiger partial charge is 0.497 e. The normalized spacial score (nSPS) is 13.5. The van der Waals surface area contributed by atoms with Crippen LogP contribution >= 0.6 is 0 Å². The second-order valence-corrected chi connectivity index (χ2v) is 5.22. The highest BCUT2D eigenvalue weighted by atomic mass is 16.5. The Morgan fingerprint density at radius 3 is 2.52 bits per heavy atom. The van der Waals surface area contributed by atoms with Crippen molar-refractivity contribution < 1.29 is 4.74 Å². The summed E-state index contributed by atoms with van der Waals surface area (Å²) < 4.78 is 5.19. The maximum atomic E-state index is 8.86. The van der Waals surface area contributed by atoms with Crippen molar-refractivity contribution in [2.24, 2.45) is 0 Å². The van der Waals surface area contributed by atoms with E-state index in [1.807, 2.05) is 24.3 Å². The lowest BCUT2D eigenvalue weighted by Gasteiger charge is -2.23. The molecule has 1 aliphatic rings. The summed E-state index contributed by atoms with van der Waals surface area (Å²) in [5.74, 6) is 1.81. The Bertz CT molecular complexity index is 639. The van der Waals surface area contributed by atoms with E-state index in [4.69, 9.17) is 10.00 Å². The van der Waals surface area contributed by atoms with Gasteiger partial charge < -0.3 is 9.64 Å². The predicted octanol–water partition coefficient (Wildman–Crippen LogP) is 3.13. The first-order chi connectivity index (χ1) is 10.3. The van der Waals surface area contributed by atoms with Gasteiger partial charge in [0.05, 0.1) is 12.7 Å². The number of anilines is 1. The SMILES string of the molecule is COc1ccc(CN(c2ccc(C#N)cn2)C2CC2)cc1. The summed E-state index contributed by atoms with van der Waals surface area (Å²) in [6, 6.07) is 14.5. The van der Waals surface area contributed by atoms with Gasteiger partial charge in [0.1, 0.15) is 17.6 Å². The van der Waals surface area contributed by atoms with Crippen LogP contribution in [-0.2, 0) is 6.54 Å². The highest BCUT2D eigenvalue weighted by molar-refractivity contribution is 5.45. The van der Waals surface area contributed by atoms with E-state index in [1.165, 1.54) is 18.4 Å². The molecule has 0 radical (unpaired) electrons. The van der Waals surface area contributed by atoms with E-state index >= 15 is 0 Å². The van der Waals surface area contributed by atoms with Crippen LogP contribution in [0.5, 0.6) is 5.75 Å². The van der Waals surface area contributed by atoms with E-state index in [2.05, 4.69) is 28.1 Å². The molecule has 0 saturated heterocycles. The van der Waals surface area contributed by atoms with Gasteiger partial charge in [-0.05, 0) is 42.7 Å². The van der Waals surface area contributed by atoms with E-state index in [0.29, 0.717) is 11.6 Å². The van der Waals surface area contributed by atoms with Crippen molar-refractivity contribution in [2.45, 2.75) is 25.4 Å². The quantitative estimate of drug-likeness (QED) is 0.843. The van der Waals surface area contributed by atoms with Gasteiger partial charge in [0.15, 0.2) is 0 Å². The minimum absolute atomic E-state index is 0.563. The van der Waals surface area contributed by atoms with Crippen molar-refractivity contribution in [1.29, 1.82) is 5.26 Å². The number of hydrogen-bond donors (Lipinski definition) is 0. The fourth-order valence-corrected chi connectivity index (χ4v) is 2.33. The average Bonchev–Trinajstić information content (AvgIpc) is 3.38. The second-order valence-electron chi connectivity index (χ2n) is 5.22. The number of rotatable bonds is 5. The number of aromatic nitrogens is 1. The number of ether oxygens (including phenoxy) is 1. The van der Waals surface area contributed by atoms with Gasteiger partial charge >= 0.3 is 0 Å². The van der Waals surface area contributed by atoms with Crippen molar-refractivity contribution in [3.63, 3.8) is 0 Å². The maximum Gasteiger partial charge on any atom is 0.129 e. The Morgan fingerprint density at radius 1 is 1.24 bits per heavy atom. The molecule has 0 atom stereocenters. The predicted molar refractivity (Wildman–Crippen MR) is 81.2 cm³/mol. The Balaban J connectivity index is 1.79. The fraction of sp³-hybridized carbons (Fsp3) is 0.294. The molecule has 1 aromatic heterocycles. The molecule has 106 valence electrons. The lowest BCUT2D eigenvalue weighted by atomic mass is 10.2. The maximum absolute atomic E-state index is 8.86. The summed E-state index contributed by atoms with van der Waals surface area (Å²) in [5.41, 5.74) is 1.83. The Kier molecular flexibility index (Phi) is 3.74. The molecule has 0 spiro atoms. The van der Waals surface area contributed by atoms with E-state index < -0.39 is 0 Å². The molecule has 1 aromatic carbocycles. The summed E-state index contributed by atoms with van der Waals surface area (Å²) >= 11 is 0. The third-order valence-electron chi connectivity index (χ3n) is 3.67. The van der Waals surface area contributed by atoms with Crippen LogP contribution in [0.1, 0.15) is 24.0 Å². The fourth-order valence-electron chi connectivity index (χ4n) is 2.33. The van der Waals surface area contributed by atoms with E-state index in [9.17, 15) is 0 Å². The van der Waals surface area contributed by atoms with Gasteiger partial charge in [0, 0.05) is 18.8 Å². The summed E-state index contributed by atoms with van der Waals surface area (Å²) in [6.07, 6.45) is 4.05. The van der Waals surface area contributed by atoms with Crippen molar-refractivity contribution in [3.8, 4) is 11.8 Å². The first-order valence-corrected chi connectivity index (χ1v) is 7.06. The molecule has 21 heavy (non-hydrogen) atoms. The van der Waals surface area contributed by atoms with Crippen LogP contribution in [0.15, 0.2) is 42.6 Å². The number of hydrogen-bond acceptors (Lipinski definition) is 4. The van der Waals surface area contributed by atoms with Gasteiger partial charge in [-0.25, -0.2) is 4.98 Å². The molecule has 1 fully saturated rings. The minimum Gasteiger partial charge on any atom is -0.497 e. The summed E-state index contributed by atoms with van der Waals surface area (Å²) in [7, 11) is 1.67. The molecular formula is C17H17N3O. The monoisotopic (exact) mass is 279 g/mol. The molecule has 3 rings (SSSR count). The van der Waals surface area contributed by atoms with Crippen LogP contribution in [0.3, 0.4) is 0 Å². The highest BCUT2D eigenvalue weighted by Crippen LogP contribution is 2.32. The van der Waals surface area contributed by atoms with Gasteiger partial charge in [0.2, 0.25) is 0 Å². The molecule has 0 bridgehead atoms. The minimum atomic E-state index is 0.563. The number of nitrogens with zero attached hydrogens (tertiary/aromatic N) is 3. The zero-order valence-electron chi connectivity index (χ0n) is 12.0. The number of pyridine rings is 1. The van der Waals surface area contributed by atoms with Gasteiger partial charge in [-0.15, -0.1) is 0 Å². The molecule has 0 N–H and O–H groups in total. The Hall–Kier alpha value is -2.54. The van der Waals surface area contributed by atoms with Crippen LogP contribution in [0.25, 0.3) is 0 Å². The highest BCUT2D eigenvalue weighted by Gasteiger charge is 2.30. The number of benzene rings is 1. The van der Waals surface area contributed by atoms with Gasteiger partial charge in [0.25, 0.3) is 0 Å². The standard InChI is InChI=1S/C17H17N3O/c1-21-16-7-2-13(3-8-16)12-20(15-5-6-15)17-9-4-14(10-18)11-19-17/h2-4,7-9,11,15H,5-6,12H2,1H3. The molecule has 4 nitrogen and oxygen atoms in total. The number of nitriles is 1. The molecule has 0 aliphatic heterocycles. The molecule has 1 heterocycles. The van der Waals surface area contributed by atoms with Gasteiger partial charge in [-0.1, -0.05) is 12.1 Å². The van der Waals surface area contributed by atoms with Crippen LogP contribution < -0.4 is 9.64 Å². The zero-order valence-corrected chi connectivity index (χ0v) is 12.0. The van der Waals surface area contributed by atoms with Crippen molar-refractivity contribution in [3.05, 3.63) is 53.7 Å². The smallest absolute Gasteiger partial charge is 0.129 e. The van der Waals surface area contributed by atoms with Crippen LogP contribution in [0.4, 0.5) is 5.82 Å². The summed E-state index contributed by atoms with van der Waals surface area (Å²) in [5, 5.41) is 8.86. The number of methoxy groups -OCH3 is 1. The van der Waals surface area contributed by atoms with Gasteiger partial charge in [-0.3, -0.25) is 0 Å². The third kappa shape index (κ3) is 3.14. The van der Waals surface area contributed by atoms with Crippen LogP contribution in [-0.4, -0.2) is 18.1 Å². The Morgan fingerprint density at radius 2 is 2.00 bits per heavy atom. The molecule has 1 aliphatic carbocycles. The van der Waals surface area contributed by atoms with Crippen molar-refractivity contribution >= 4 is 5.82 Å². The van der Waals surface area contributed by atoms with Gasteiger partial charge in [-0.2, -0.15) is 5.26 Å². The van der Waals surface area contributed by atoms with Crippen LogP contribution in [0.2, 0.25) is 0 Å². The first kappa shape index (κ1) is 13.4. The van der Waals surface area contributed by atoms with E-state index in [1.54, 1.807) is 13.3 Å². The molecule has 4 heteroatoms. The Labute approximate surface area is 124 Å². The first-order valence-electron chi connectivity index (χ1n) is 7.06. The van der Waals surface area contributed by atoms with E-state index in [-0.39, 0.29) is 0 Å². The van der Waals surface area contributed by atoms with E-state index in [0.717, 1.165) is 18.1 Å². The molecule has 0 unspecified atom stereocenters. The lowest BCUT2D eigenvalue weighted by molar-refractivity contribution is 0.414. The average molecular weight is 279 g/mol. The molecule has 0 amide bonds. The van der Waals surface area contributed by atoms with Crippen molar-refractivity contribution in [2.75, 3.05) is 12.0 Å². The molecular weight excluding hydrogens is 262 g/mol.